The number of nitrogens with one attached hydrogen (secondary N) is 1. The number of hydrogen-bond donors (Lipinski definition) is 1. The third-order valence-electron chi connectivity index (χ3n) is 2.98. The van der Waals surface area contributed by atoms with Crippen molar-refractivity contribution in [3.05, 3.63) is 36.2 Å². The summed E-state index contributed by atoms with van der Waals surface area (Å²) in [6.07, 6.45) is 3.52. The van der Waals surface area contributed by atoms with Crippen molar-refractivity contribution in [3.8, 4) is 0 Å². The molecule has 1 atom stereocenters. The van der Waals surface area contributed by atoms with Crippen LogP contribution in [-0.2, 0) is 0 Å². The predicted octanol–water partition coefficient (Wildman–Crippen LogP) is 3.70. The zero-order chi connectivity index (χ0) is 11.4. The van der Waals surface area contributed by atoms with E-state index in [1.165, 1.54) is 11.1 Å². The highest BCUT2D eigenvalue weighted by atomic mass is 15.0. The minimum atomic E-state index is 0.554. The SMILES string of the molecule is C=CNc1nccc(C(C)C(C)C)c1C. The molecule has 1 aromatic rings. The molecule has 1 rings (SSSR count). The smallest absolute Gasteiger partial charge is 0.133 e. The van der Waals surface area contributed by atoms with Gasteiger partial charge < -0.3 is 5.32 Å². The van der Waals surface area contributed by atoms with Crippen LogP contribution in [-0.4, -0.2) is 4.98 Å². The van der Waals surface area contributed by atoms with Crippen LogP contribution in [0.4, 0.5) is 5.82 Å². The molecule has 0 aromatic carbocycles. The molecule has 0 amide bonds. The fraction of sp³-hybridized carbons (Fsp3) is 0.462. The molecule has 1 N–H and O–H groups in total. The van der Waals surface area contributed by atoms with Crippen LogP contribution in [0.3, 0.4) is 0 Å². The van der Waals surface area contributed by atoms with E-state index in [4.69, 9.17) is 0 Å². The van der Waals surface area contributed by atoms with Crippen LogP contribution >= 0.6 is 0 Å². The molecular formula is C13H20N2. The van der Waals surface area contributed by atoms with E-state index in [9.17, 15) is 0 Å². The second-order valence-corrected chi connectivity index (χ2v) is 4.25. The standard InChI is InChI=1S/C13H20N2/c1-6-14-13-11(5)12(7-8-15-13)10(4)9(2)3/h6-10H,1H2,2-5H3,(H,14,15). The van der Waals surface area contributed by atoms with E-state index in [0.29, 0.717) is 11.8 Å². The first-order chi connectivity index (χ1) is 7.07. The van der Waals surface area contributed by atoms with Gasteiger partial charge in [0.15, 0.2) is 0 Å². The van der Waals surface area contributed by atoms with Crippen molar-refractivity contribution >= 4 is 5.82 Å². The summed E-state index contributed by atoms with van der Waals surface area (Å²) in [5.74, 6) is 2.11. The van der Waals surface area contributed by atoms with Gasteiger partial charge in [0.2, 0.25) is 0 Å². The van der Waals surface area contributed by atoms with Gasteiger partial charge in [-0.2, -0.15) is 0 Å². The zero-order valence-corrected chi connectivity index (χ0v) is 10.0. The van der Waals surface area contributed by atoms with Crippen LogP contribution in [0.15, 0.2) is 25.0 Å². The summed E-state index contributed by atoms with van der Waals surface area (Å²) in [6.45, 7) is 12.5. The average molecular weight is 204 g/mol. The molecule has 0 radical (unpaired) electrons. The summed E-state index contributed by atoms with van der Waals surface area (Å²) in [5, 5.41) is 3.06. The van der Waals surface area contributed by atoms with Crippen LogP contribution in [0, 0.1) is 12.8 Å². The molecule has 0 saturated carbocycles. The Labute approximate surface area is 92.4 Å². The molecule has 2 heteroatoms. The molecule has 15 heavy (non-hydrogen) atoms. The number of anilines is 1. The molecule has 0 spiro atoms. The molecule has 0 fully saturated rings. The van der Waals surface area contributed by atoms with E-state index in [0.717, 1.165) is 5.82 Å². The highest BCUT2D eigenvalue weighted by Gasteiger charge is 2.14. The molecular weight excluding hydrogens is 184 g/mol. The van der Waals surface area contributed by atoms with E-state index in [-0.39, 0.29) is 0 Å². The summed E-state index contributed by atoms with van der Waals surface area (Å²) in [7, 11) is 0. The second-order valence-electron chi connectivity index (χ2n) is 4.25. The van der Waals surface area contributed by atoms with Gasteiger partial charge in [0.25, 0.3) is 0 Å². The van der Waals surface area contributed by atoms with E-state index < -0.39 is 0 Å². The summed E-state index contributed by atoms with van der Waals surface area (Å²) in [6, 6.07) is 2.11. The molecule has 2 nitrogen and oxygen atoms in total. The Morgan fingerprint density at radius 1 is 1.40 bits per heavy atom. The van der Waals surface area contributed by atoms with Crippen molar-refractivity contribution in [2.24, 2.45) is 5.92 Å². The van der Waals surface area contributed by atoms with Crippen molar-refractivity contribution in [2.75, 3.05) is 5.32 Å². The normalized spacial score (nSPS) is 12.6. The molecule has 0 aliphatic heterocycles. The third-order valence-corrected chi connectivity index (χ3v) is 2.98. The number of aromatic nitrogens is 1. The van der Waals surface area contributed by atoms with Crippen LogP contribution < -0.4 is 5.32 Å². The Balaban J connectivity index is 3.08. The van der Waals surface area contributed by atoms with Gasteiger partial charge in [-0.05, 0) is 42.2 Å². The minimum Gasteiger partial charge on any atom is -0.347 e. The van der Waals surface area contributed by atoms with E-state index in [2.05, 4.69) is 50.6 Å². The van der Waals surface area contributed by atoms with Crippen molar-refractivity contribution < 1.29 is 0 Å². The van der Waals surface area contributed by atoms with Gasteiger partial charge in [-0.3, -0.25) is 0 Å². The highest BCUT2D eigenvalue weighted by Crippen LogP contribution is 2.28. The predicted molar refractivity (Wildman–Crippen MR) is 66.0 cm³/mol. The first kappa shape index (κ1) is 11.8. The fourth-order valence-electron chi connectivity index (χ4n) is 1.65. The maximum atomic E-state index is 4.29. The highest BCUT2D eigenvalue weighted by molar-refractivity contribution is 5.49. The van der Waals surface area contributed by atoms with Gasteiger partial charge in [0.1, 0.15) is 5.82 Å². The largest absolute Gasteiger partial charge is 0.347 e. The first-order valence-electron chi connectivity index (χ1n) is 5.40. The van der Waals surface area contributed by atoms with Crippen LogP contribution in [0.1, 0.15) is 37.8 Å². The summed E-state index contributed by atoms with van der Waals surface area (Å²) >= 11 is 0. The van der Waals surface area contributed by atoms with Crippen molar-refractivity contribution in [1.29, 1.82) is 0 Å². The molecule has 1 unspecified atom stereocenters. The maximum absolute atomic E-state index is 4.29. The Morgan fingerprint density at radius 3 is 2.60 bits per heavy atom. The Bertz CT molecular complexity index is 342. The van der Waals surface area contributed by atoms with Gasteiger partial charge in [-0.25, -0.2) is 4.98 Å². The maximum Gasteiger partial charge on any atom is 0.133 e. The Kier molecular flexibility index (Phi) is 3.89. The molecule has 0 saturated heterocycles. The average Bonchev–Trinajstić information content (AvgIpc) is 2.20. The van der Waals surface area contributed by atoms with Crippen LogP contribution in [0.2, 0.25) is 0 Å². The molecule has 0 bridgehead atoms. The van der Waals surface area contributed by atoms with Crippen molar-refractivity contribution in [2.45, 2.75) is 33.6 Å². The Hall–Kier alpha value is -1.31. The lowest BCUT2D eigenvalue weighted by Crippen LogP contribution is -2.06. The number of rotatable bonds is 4. The first-order valence-corrected chi connectivity index (χ1v) is 5.40. The number of hydrogen-bond acceptors (Lipinski definition) is 2. The van der Waals surface area contributed by atoms with Gasteiger partial charge >= 0.3 is 0 Å². The lowest BCUT2D eigenvalue weighted by Gasteiger charge is -2.19. The zero-order valence-electron chi connectivity index (χ0n) is 10.0. The van der Waals surface area contributed by atoms with Gasteiger partial charge in [0, 0.05) is 6.20 Å². The van der Waals surface area contributed by atoms with E-state index in [1.54, 1.807) is 6.20 Å². The van der Waals surface area contributed by atoms with Gasteiger partial charge in [-0.15, -0.1) is 0 Å². The van der Waals surface area contributed by atoms with Gasteiger partial charge in [-0.1, -0.05) is 27.4 Å². The lowest BCUT2D eigenvalue weighted by atomic mass is 9.88. The van der Waals surface area contributed by atoms with Crippen molar-refractivity contribution in [3.63, 3.8) is 0 Å². The summed E-state index contributed by atoms with van der Waals surface area (Å²) in [5.41, 5.74) is 2.59. The summed E-state index contributed by atoms with van der Waals surface area (Å²) in [4.78, 5) is 4.29. The topological polar surface area (TPSA) is 24.9 Å². The molecule has 0 aliphatic carbocycles. The lowest BCUT2D eigenvalue weighted by molar-refractivity contribution is 0.532. The molecule has 1 heterocycles. The van der Waals surface area contributed by atoms with E-state index in [1.807, 2.05) is 6.20 Å². The fourth-order valence-corrected chi connectivity index (χ4v) is 1.65. The number of pyridine rings is 1. The van der Waals surface area contributed by atoms with Gasteiger partial charge in [0.05, 0.1) is 0 Å². The van der Waals surface area contributed by atoms with E-state index >= 15 is 0 Å². The molecule has 0 aliphatic rings. The van der Waals surface area contributed by atoms with Crippen LogP contribution in [0.25, 0.3) is 0 Å². The third kappa shape index (κ3) is 2.58. The molecule has 1 aromatic heterocycles. The summed E-state index contributed by atoms with van der Waals surface area (Å²) < 4.78 is 0. The number of nitrogens with zero attached hydrogens (tertiary/aromatic N) is 1. The monoisotopic (exact) mass is 204 g/mol. The second kappa shape index (κ2) is 4.96. The Morgan fingerprint density at radius 2 is 2.07 bits per heavy atom. The van der Waals surface area contributed by atoms with Crippen molar-refractivity contribution in [1.82, 2.24) is 4.98 Å². The minimum absolute atomic E-state index is 0.554. The van der Waals surface area contributed by atoms with Crippen LogP contribution in [0.5, 0.6) is 0 Å². The molecule has 82 valence electrons. The quantitative estimate of drug-likeness (QED) is 0.808.